The lowest BCUT2D eigenvalue weighted by Gasteiger charge is -2.30. The molecule has 0 N–H and O–H groups in total. The van der Waals surface area contributed by atoms with Gasteiger partial charge >= 0.3 is 0 Å². The quantitative estimate of drug-likeness (QED) is 0.538. The second-order valence-electron chi connectivity index (χ2n) is 4.05. The van der Waals surface area contributed by atoms with Crippen molar-refractivity contribution in [2.75, 3.05) is 0 Å². The molecule has 1 nitrogen and oxygen atoms in total. The minimum atomic E-state index is 0.406. The van der Waals surface area contributed by atoms with Crippen LogP contribution in [0.2, 0.25) is 0 Å². The minimum absolute atomic E-state index is 0.406. The first-order valence-corrected chi connectivity index (χ1v) is 5.02. The first-order chi connectivity index (χ1) is 5.79. The second kappa shape index (κ2) is 3.04. The molecule has 0 amide bonds. The lowest BCUT2D eigenvalue weighted by Crippen LogP contribution is -2.20. The zero-order valence-electron chi connectivity index (χ0n) is 7.73. The van der Waals surface area contributed by atoms with Gasteiger partial charge in [0.25, 0.3) is 0 Å². The fraction of sp³-hybridized carbons (Fsp3) is 0.727. The number of carbonyl (C=O) groups is 1. The van der Waals surface area contributed by atoms with E-state index in [0.717, 1.165) is 24.3 Å². The maximum absolute atomic E-state index is 11.4. The van der Waals surface area contributed by atoms with E-state index in [0.29, 0.717) is 5.78 Å². The third-order valence-corrected chi connectivity index (χ3v) is 3.36. The molecular weight excluding hydrogens is 148 g/mol. The van der Waals surface area contributed by atoms with Crippen molar-refractivity contribution < 1.29 is 4.79 Å². The van der Waals surface area contributed by atoms with E-state index in [1.165, 1.54) is 31.3 Å². The third-order valence-electron chi connectivity index (χ3n) is 3.36. The highest BCUT2D eigenvalue weighted by molar-refractivity contribution is 5.96. The van der Waals surface area contributed by atoms with Crippen LogP contribution in [-0.4, -0.2) is 5.78 Å². The first kappa shape index (κ1) is 8.03. The monoisotopic (exact) mass is 164 g/mol. The Hall–Kier alpha value is -0.590. The maximum atomic E-state index is 11.4. The van der Waals surface area contributed by atoms with E-state index in [-0.39, 0.29) is 0 Å². The molecule has 0 spiro atoms. The Morgan fingerprint density at radius 3 is 2.83 bits per heavy atom. The number of allylic oxidation sites excluding steroid dienone is 2. The molecule has 1 unspecified atom stereocenters. The molecule has 2 aliphatic rings. The number of ketones is 1. The molecule has 0 aromatic rings. The molecular formula is C11H16O. The largest absolute Gasteiger partial charge is 0.295 e. The van der Waals surface area contributed by atoms with Crippen LogP contribution in [0.4, 0.5) is 0 Å². The van der Waals surface area contributed by atoms with Crippen molar-refractivity contribution in [1.82, 2.24) is 0 Å². The van der Waals surface area contributed by atoms with E-state index in [4.69, 9.17) is 0 Å². The van der Waals surface area contributed by atoms with Gasteiger partial charge in [-0.1, -0.05) is 12.0 Å². The van der Waals surface area contributed by atoms with Gasteiger partial charge in [-0.2, -0.15) is 0 Å². The molecule has 0 aromatic carbocycles. The van der Waals surface area contributed by atoms with Crippen LogP contribution in [0.25, 0.3) is 0 Å². The first-order valence-electron chi connectivity index (χ1n) is 5.02. The van der Waals surface area contributed by atoms with Crippen LogP contribution in [0, 0.1) is 5.92 Å². The molecule has 1 fully saturated rings. The van der Waals surface area contributed by atoms with Gasteiger partial charge in [0.05, 0.1) is 0 Å². The highest BCUT2D eigenvalue weighted by Gasteiger charge is 2.27. The van der Waals surface area contributed by atoms with E-state index in [1.807, 2.05) is 6.92 Å². The van der Waals surface area contributed by atoms with Crippen molar-refractivity contribution in [2.24, 2.45) is 5.92 Å². The maximum Gasteiger partial charge on any atom is 0.158 e. The predicted molar refractivity (Wildman–Crippen MR) is 48.9 cm³/mol. The summed E-state index contributed by atoms with van der Waals surface area (Å²) in [6.45, 7) is 2.02. The zero-order valence-corrected chi connectivity index (χ0v) is 7.73. The highest BCUT2D eigenvalue weighted by atomic mass is 16.1. The number of hydrogen-bond acceptors (Lipinski definition) is 1. The summed E-state index contributed by atoms with van der Waals surface area (Å²) >= 11 is 0. The van der Waals surface area contributed by atoms with Crippen LogP contribution in [0.5, 0.6) is 0 Å². The summed E-state index contributed by atoms with van der Waals surface area (Å²) in [4.78, 5) is 11.4. The molecule has 0 heterocycles. The molecule has 2 rings (SSSR count). The SMILES string of the molecule is CC1=C2CCCCC2CCC1=O. The molecule has 1 atom stereocenters. The van der Waals surface area contributed by atoms with Gasteiger partial charge in [-0.15, -0.1) is 0 Å². The van der Waals surface area contributed by atoms with Gasteiger partial charge in [-0.3, -0.25) is 4.79 Å². The molecule has 0 saturated heterocycles. The van der Waals surface area contributed by atoms with Gasteiger partial charge in [0.15, 0.2) is 5.78 Å². The summed E-state index contributed by atoms with van der Waals surface area (Å²) in [5, 5.41) is 0. The fourth-order valence-electron chi connectivity index (χ4n) is 2.57. The van der Waals surface area contributed by atoms with Crippen LogP contribution in [-0.2, 0) is 4.79 Å². The number of fused-ring (bicyclic) bond motifs is 1. The van der Waals surface area contributed by atoms with Crippen LogP contribution in [0.15, 0.2) is 11.1 Å². The lowest BCUT2D eigenvalue weighted by molar-refractivity contribution is -0.116. The number of hydrogen-bond donors (Lipinski definition) is 0. The van der Waals surface area contributed by atoms with Crippen molar-refractivity contribution in [3.63, 3.8) is 0 Å². The molecule has 12 heavy (non-hydrogen) atoms. The standard InChI is InChI=1S/C11H16O/c1-8-10-5-3-2-4-9(10)6-7-11(8)12/h9H,2-7H2,1H3. The molecule has 0 aliphatic heterocycles. The van der Waals surface area contributed by atoms with Gasteiger partial charge in [-0.25, -0.2) is 0 Å². The third kappa shape index (κ3) is 1.21. The molecule has 0 radical (unpaired) electrons. The van der Waals surface area contributed by atoms with Crippen molar-refractivity contribution in [2.45, 2.75) is 45.4 Å². The van der Waals surface area contributed by atoms with Gasteiger partial charge in [-0.05, 0) is 44.1 Å². The van der Waals surface area contributed by atoms with E-state index in [2.05, 4.69) is 0 Å². The smallest absolute Gasteiger partial charge is 0.158 e. The summed E-state index contributed by atoms with van der Waals surface area (Å²) in [6.07, 6.45) is 7.14. The summed E-state index contributed by atoms with van der Waals surface area (Å²) in [7, 11) is 0. The minimum Gasteiger partial charge on any atom is -0.295 e. The lowest BCUT2D eigenvalue weighted by atomic mass is 9.74. The molecule has 0 aromatic heterocycles. The van der Waals surface area contributed by atoms with E-state index >= 15 is 0 Å². The van der Waals surface area contributed by atoms with Crippen molar-refractivity contribution in [3.05, 3.63) is 11.1 Å². The van der Waals surface area contributed by atoms with E-state index in [1.54, 1.807) is 0 Å². The van der Waals surface area contributed by atoms with Crippen molar-refractivity contribution in [1.29, 1.82) is 0 Å². The van der Waals surface area contributed by atoms with Crippen LogP contribution >= 0.6 is 0 Å². The Labute approximate surface area is 73.8 Å². The highest BCUT2D eigenvalue weighted by Crippen LogP contribution is 2.38. The topological polar surface area (TPSA) is 17.1 Å². The molecule has 1 saturated carbocycles. The molecule has 2 aliphatic carbocycles. The van der Waals surface area contributed by atoms with E-state index in [9.17, 15) is 4.79 Å². The summed E-state index contributed by atoms with van der Waals surface area (Å²) in [5.41, 5.74) is 2.60. The van der Waals surface area contributed by atoms with Gasteiger partial charge in [0, 0.05) is 6.42 Å². The summed E-state index contributed by atoms with van der Waals surface area (Å²) < 4.78 is 0. The molecule has 66 valence electrons. The van der Waals surface area contributed by atoms with Crippen LogP contribution in [0.1, 0.15) is 45.4 Å². The Bertz CT molecular complexity index is 237. The number of rotatable bonds is 0. The average molecular weight is 164 g/mol. The Kier molecular flexibility index (Phi) is 2.03. The van der Waals surface area contributed by atoms with Gasteiger partial charge in [0.1, 0.15) is 0 Å². The molecule has 0 bridgehead atoms. The Balaban J connectivity index is 2.29. The van der Waals surface area contributed by atoms with Gasteiger partial charge in [0.2, 0.25) is 0 Å². The van der Waals surface area contributed by atoms with E-state index < -0.39 is 0 Å². The summed E-state index contributed by atoms with van der Waals surface area (Å²) in [5.74, 6) is 1.18. The molecule has 1 heteroatoms. The Morgan fingerprint density at radius 1 is 1.17 bits per heavy atom. The zero-order chi connectivity index (χ0) is 8.55. The number of Topliss-reactive ketones (excluding diaryl/α,β-unsaturated/α-hetero) is 1. The van der Waals surface area contributed by atoms with Crippen molar-refractivity contribution >= 4 is 5.78 Å². The second-order valence-corrected chi connectivity index (χ2v) is 4.05. The number of carbonyl (C=O) groups excluding carboxylic acids is 1. The van der Waals surface area contributed by atoms with Crippen LogP contribution < -0.4 is 0 Å². The van der Waals surface area contributed by atoms with Gasteiger partial charge < -0.3 is 0 Å². The fourth-order valence-corrected chi connectivity index (χ4v) is 2.57. The Morgan fingerprint density at radius 2 is 2.00 bits per heavy atom. The van der Waals surface area contributed by atoms with Crippen LogP contribution in [0.3, 0.4) is 0 Å². The predicted octanol–water partition coefficient (Wildman–Crippen LogP) is 2.86. The average Bonchev–Trinajstić information content (AvgIpc) is 2.12. The summed E-state index contributed by atoms with van der Waals surface area (Å²) in [6, 6.07) is 0. The normalized spacial score (nSPS) is 30.4. The van der Waals surface area contributed by atoms with Crippen molar-refractivity contribution in [3.8, 4) is 0 Å².